The molecule has 15 heavy (non-hydrogen) atoms. The van der Waals surface area contributed by atoms with E-state index in [2.05, 4.69) is 32.6 Å². The van der Waals surface area contributed by atoms with Gasteiger partial charge in [0.2, 0.25) is 0 Å². The Morgan fingerprint density at radius 2 is 2.47 bits per heavy atom. The van der Waals surface area contributed by atoms with Gasteiger partial charge in [-0.05, 0) is 29.3 Å². The van der Waals surface area contributed by atoms with Crippen molar-refractivity contribution in [2.24, 2.45) is 5.73 Å². The molecule has 0 fully saturated rings. The van der Waals surface area contributed by atoms with Crippen LogP contribution in [0.25, 0.3) is 0 Å². The summed E-state index contributed by atoms with van der Waals surface area (Å²) >= 11 is 1.72. The molecule has 2 heterocycles. The minimum atomic E-state index is 0.175. The van der Waals surface area contributed by atoms with Crippen molar-refractivity contribution in [2.75, 3.05) is 0 Å². The monoisotopic (exact) mass is 221 g/mol. The van der Waals surface area contributed by atoms with Crippen molar-refractivity contribution >= 4 is 11.3 Å². The van der Waals surface area contributed by atoms with Crippen LogP contribution in [0.5, 0.6) is 0 Å². The Balaban J connectivity index is 2.01. The fraction of sp³-hybridized carbons (Fsp3) is 0.364. The SMILES string of the molecule is CC(N)Cc1cn(Cc2ccsc2)cn1. The topological polar surface area (TPSA) is 43.8 Å². The van der Waals surface area contributed by atoms with Crippen LogP contribution in [0.4, 0.5) is 0 Å². The molecule has 0 radical (unpaired) electrons. The van der Waals surface area contributed by atoms with Gasteiger partial charge in [0.15, 0.2) is 0 Å². The van der Waals surface area contributed by atoms with Gasteiger partial charge in [0.05, 0.1) is 12.0 Å². The van der Waals surface area contributed by atoms with E-state index in [1.54, 1.807) is 11.3 Å². The molecule has 2 aromatic heterocycles. The van der Waals surface area contributed by atoms with E-state index < -0.39 is 0 Å². The van der Waals surface area contributed by atoms with Crippen LogP contribution in [0.1, 0.15) is 18.2 Å². The number of rotatable bonds is 4. The third-order valence-corrected chi connectivity index (χ3v) is 2.90. The second kappa shape index (κ2) is 4.59. The first kappa shape index (κ1) is 10.4. The first-order valence-electron chi connectivity index (χ1n) is 5.01. The predicted octanol–water partition coefficient (Wildman–Crippen LogP) is 1.88. The molecule has 2 N–H and O–H groups in total. The molecular weight excluding hydrogens is 206 g/mol. The van der Waals surface area contributed by atoms with Crippen molar-refractivity contribution in [1.29, 1.82) is 0 Å². The summed E-state index contributed by atoms with van der Waals surface area (Å²) < 4.78 is 2.10. The minimum Gasteiger partial charge on any atom is -0.333 e. The van der Waals surface area contributed by atoms with E-state index in [9.17, 15) is 0 Å². The highest BCUT2D eigenvalue weighted by molar-refractivity contribution is 7.07. The molecular formula is C11H15N3S. The smallest absolute Gasteiger partial charge is 0.0952 e. The number of hydrogen-bond acceptors (Lipinski definition) is 3. The molecule has 0 aromatic carbocycles. The minimum absolute atomic E-state index is 0.175. The van der Waals surface area contributed by atoms with Crippen LogP contribution in [-0.2, 0) is 13.0 Å². The molecule has 0 aliphatic heterocycles. The predicted molar refractivity (Wildman–Crippen MR) is 63.0 cm³/mol. The second-order valence-electron chi connectivity index (χ2n) is 3.85. The van der Waals surface area contributed by atoms with E-state index >= 15 is 0 Å². The van der Waals surface area contributed by atoms with E-state index in [0.29, 0.717) is 0 Å². The van der Waals surface area contributed by atoms with E-state index in [1.165, 1.54) is 5.56 Å². The summed E-state index contributed by atoms with van der Waals surface area (Å²) in [7, 11) is 0. The number of thiophene rings is 1. The lowest BCUT2D eigenvalue weighted by molar-refractivity contribution is 0.723. The number of imidazole rings is 1. The summed E-state index contributed by atoms with van der Waals surface area (Å²) in [5.74, 6) is 0. The maximum absolute atomic E-state index is 5.72. The third-order valence-electron chi connectivity index (χ3n) is 2.16. The molecule has 2 aromatic rings. The molecule has 0 aliphatic carbocycles. The van der Waals surface area contributed by atoms with Gasteiger partial charge in [-0.25, -0.2) is 4.98 Å². The molecule has 0 aliphatic rings. The molecule has 1 atom stereocenters. The normalized spacial score (nSPS) is 12.9. The van der Waals surface area contributed by atoms with Gasteiger partial charge in [-0.1, -0.05) is 0 Å². The van der Waals surface area contributed by atoms with Crippen LogP contribution >= 0.6 is 11.3 Å². The van der Waals surface area contributed by atoms with E-state index in [0.717, 1.165) is 18.7 Å². The molecule has 2 rings (SSSR count). The number of aromatic nitrogens is 2. The molecule has 0 saturated carbocycles. The van der Waals surface area contributed by atoms with Gasteiger partial charge in [-0.2, -0.15) is 11.3 Å². The lowest BCUT2D eigenvalue weighted by Crippen LogP contribution is -2.17. The van der Waals surface area contributed by atoms with E-state index in [4.69, 9.17) is 5.73 Å². The van der Waals surface area contributed by atoms with Gasteiger partial charge in [-0.3, -0.25) is 0 Å². The molecule has 3 nitrogen and oxygen atoms in total. The van der Waals surface area contributed by atoms with Gasteiger partial charge in [0.25, 0.3) is 0 Å². The van der Waals surface area contributed by atoms with Crippen molar-refractivity contribution < 1.29 is 0 Å². The molecule has 80 valence electrons. The Kier molecular flexibility index (Phi) is 3.18. The number of nitrogens with zero attached hydrogens (tertiary/aromatic N) is 2. The first-order chi connectivity index (χ1) is 7.24. The van der Waals surface area contributed by atoms with Crippen LogP contribution in [-0.4, -0.2) is 15.6 Å². The zero-order valence-corrected chi connectivity index (χ0v) is 9.57. The van der Waals surface area contributed by atoms with Gasteiger partial charge in [0, 0.05) is 25.2 Å². The standard InChI is InChI=1S/C11H15N3S/c1-9(12)4-11-6-14(8-13-11)5-10-2-3-15-7-10/h2-3,6-9H,4-5,12H2,1H3. The highest BCUT2D eigenvalue weighted by atomic mass is 32.1. The summed E-state index contributed by atoms with van der Waals surface area (Å²) in [6, 6.07) is 2.31. The van der Waals surface area contributed by atoms with Crippen LogP contribution in [0.15, 0.2) is 29.4 Å². The molecule has 0 amide bonds. The summed E-state index contributed by atoms with van der Waals surface area (Å²) in [5.41, 5.74) is 8.12. The summed E-state index contributed by atoms with van der Waals surface area (Å²) in [4.78, 5) is 4.32. The largest absolute Gasteiger partial charge is 0.333 e. The average molecular weight is 221 g/mol. The highest BCUT2D eigenvalue weighted by Crippen LogP contribution is 2.09. The molecule has 0 saturated heterocycles. The Labute approximate surface area is 93.6 Å². The fourth-order valence-corrected chi connectivity index (χ4v) is 2.18. The number of hydrogen-bond donors (Lipinski definition) is 1. The Hall–Kier alpha value is -1.13. The lowest BCUT2D eigenvalue weighted by Gasteiger charge is -2.00. The molecule has 0 spiro atoms. The summed E-state index contributed by atoms with van der Waals surface area (Å²) in [6.07, 6.45) is 4.78. The van der Waals surface area contributed by atoms with Crippen molar-refractivity contribution in [3.05, 3.63) is 40.6 Å². The molecule has 4 heteroatoms. The van der Waals surface area contributed by atoms with Crippen LogP contribution < -0.4 is 5.73 Å². The fourth-order valence-electron chi connectivity index (χ4n) is 1.52. The second-order valence-corrected chi connectivity index (χ2v) is 4.63. The van der Waals surface area contributed by atoms with Crippen LogP contribution in [0.2, 0.25) is 0 Å². The van der Waals surface area contributed by atoms with Gasteiger partial charge >= 0.3 is 0 Å². The Bertz CT molecular complexity index is 403. The molecule has 0 bridgehead atoms. The van der Waals surface area contributed by atoms with Crippen molar-refractivity contribution in [2.45, 2.75) is 25.9 Å². The van der Waals surface area contributed by atoms with Crippen molar-refractivity contribution in [1.82, 2.24) is 9.55 Å². The lowest BCUT2D eigenvalue weighted by atomic mass is 10.2. The van der Waals surface area contributed by atoms with Crippen molar-refractivity contribution in [3.8, 4) is 0 Å². The highest BCUT2D eigenvalue weighted by Gasteiger charge is 2.02. The quantitative estimate of drug-likeness (QED) is 0.856. The summed E-state index contributed by atoms with van der Waals surface area (Å²) in [5, 5.41) is 4.25. The maximum atomic E-state index is 5.72. The Morgan fingerprint density at radius 3 is 3.13 bits per heavy atom. The zero-order valence-electron chi connectivity index (χ0n) is 8.76. The number of nitrogens with two attached hydrogens (primary N) is 1. The third kappa shape index (κ3) is 2.91. The summed E-state index contributed by atoms with van der Waals surface area (Å²) in [6.45, 7) is 2.90. The van der Waals surface area contributed by atoms with Crippen molar-refractivity contribution in [3.63, 3.8) is 0 Å². The van der Waals surface area contributed by atoms with Crippen LogP contribution in [0, 0.1) is 0 Å². The maximum Gasteiger partial charge on any atom is 0.0952 e. The van der Waals surface area contributed by atoms with Gasteiger partial charge in [0.1, 0.15) is 0 Å². The first-order valence-corrected chi connectivity index (χ1v) is 5.95. The van der Waals surface area contributed by atoms with Crippen LogP contribution in [0.3, 0.4) is 0 Å². The van der Waals surface area contributed by atoms with E-state index in [1.807, 2.05) is 13.3 Å². The van der Waals surface area contributed by atoms with Gasteiger partial charge < -0.3 is 10.3 Å². The Morgan fingerprint density at radius 1 is 1.60 bits per heavy atom. The zero-order chi connectivity index (χ0) is 10.7. The average Bonchev–Trinajstić information content (AvgIpc) is 2.77. The van der Waals surface area contributed by atoms with Gasteiger partial charge in [-0.15, -0.1) is 0 Å². The van der Waals surface area contributed by atoms with E-state index in [-0.39, 0.29) is 6.04 Å². The molecule has 1 unspecified atom stereocenters.